The number of nitrogens with one attached hydrogen (secondary N) is 1. The van der Waals surface area contributed by atoms with E-state index in [-0.39, 0.29) is 30.9 Å². The number of likely N-dealkylation sites (tertiary alicyclic amines) is 1. The van der Waals surface area contributed by atoms with Crippen LogP contribution < -0.4 is 11.1 Å². The van der Waals surface area contributed by atoms with Crippen molar-refractivity contribution in [2.24, 2.45) is 5.73 Å². The molecule has 23 heavy (non-hydrogen) atoms. The number of hydrogen-bond donors (Lipinski definition) is 2. The molecule has 0 aromatic heterocycles. The van der Waals surface area contributed by atoms with Gasteiger partial charge in [0.1, 0.15) is 0 Å². The van der Waals surface area contributed by atoms with E-state index in [2.05, 4.69) is 29.6 Å². The maximum absolute atomic E-state index is 12.5. The van der Waals surface area contributed by atoms with E-state index >= 15 is 0 Å². The Morgan fingerprint density at radius 2 is 1.96 bits per heavy atom. The number of carbonyl (C=O) groups excluding carboxylic acids is 2. The normalized spacial score (nSPS) is 17.4. The Morgan fingerprint density at radius 3 is 2.78 bits per heavy atom. The van der Waals surface area contributed by atoms with Gasteiger partial charge in [0, 0.05) is 6.54 Å². The summed E-state index contributed by atoms with van der Waals surface area (Å²) in [4.78, 5) is 25.6. The van der Waals surface area contributed by atoms with Crippen LogP contribution in [0.25, 0.3) is 10.8 Å². The number of benzene rings is 2. The number of nitrogens with two attached hydrogens (primary N) is 1. The second-order valence-electron chi connectivity index (χ2n) is 5.79. The van der Waals surface area contributed by atoms with Crippen molar-refractivity contribution in [1.82, 2.24) is 10.2 Å². The van der Waals surface area contributed by atoms with Gasteiger partial charge in [-0.3, -0.25) is 9.59 Å². The van der Waals surface area contributed by atoms with E-state index in [0.717, 1.165) is 19.4 Å². The van der Waals surface area contributed by atoms with E-state index in [9.17, 15) is 9.59 Å². The molecule has 1 unspecified atom stereocenters. The third kappa shape index (κ3) is 3.19. The standard InChI is InChI=1S/C18H21N3O2/c19-11-17(22)20-12-18(23)21-10-4-9-16(21)15-8-3-6-13-5-1-2-7-14(13)15/h1-3,5-8,16H,4,9-12,19H2,(H,20,22). The molecule has 3 N–H and O–H groups in total. The first kappa shape index (κ1) is 15.5. The molecule has 0 aliphatic carbocycles. The molecule has 0 saturated carbocycles. The Bertz CT molecular complexity index is 724. The van der Waals surface area contributed by atoms with Crippen LogP contribution in [0.1, 0.15) is 24.4 Å². The number of carbonyl (C=O) groups is 2. The van der Waals surface area contributed by atoms with E-state index in [0.29, 0.717) is 0 Å². The fourth-order valence-electron chi connectivity index (χ4n) is 3.28. The lowest BCUT2D eigenvalue weighted by Gasteiger charge is -2.26. The largest absolute Gasteiger partial charge is 0.346 e. The fraction of sp³-hybridized carbons (Fsp3) is 0.333. The minimum atomic E-state index is -0.306. The maximum Gasteiger partial charge on any atom is 0.242 e. The zero-order valence-electron chi connectivity index (χ0n) is 13.0. The van der Waals surface area contributed by atoms with Crippen molar-refractivity contribution in [3.05, 3.63) is 48.0 Å². The van der Waals surface area contributed by atoms with Crippen LogP contribution in [0.3, 0.4) is 0 Å². The second-order valence-corrected chi connectivity index (χ2v) is 5.79. The SMILES string of the molecule is NCC(=O)NCC(=O)N1CCCC1c1cccc2ccccc12. The lowest BCUT2D eigenvalue weighted by atomic mass is 9.97. The van der Waals surface area contributed by atoms with Gasteiger partial charge in [0.2, 0.25) is 11.8 Å². The zero-order valence-corrected chi connectivity index (χ0v) is 13.0. The molecular weight excluding hydrogens is 290 g/mol. The smallest absolute Gasteiger partial charge is 0.242 e. The molecule has 2 amide bonds. The first-order valence-electron chi connectivity index (χ1n) is 7.94. The lowest BCUT2D eigenvalue weighted by molar-refractivity contribution is -0.133. The van der Waals surface area contributed by atoms with Crippen LogP contribution in [-0.2, 0) is 9.59 Å². The highest BCUT2D eigenvalue weighted by molar-refractivity contribution is 5.88. The molecule has 1 atom stereocenters. The molecule has 1 fully saturated rings. The summed E-state index contributed by atoms with van der Waals surface area (Å²) in [5.41, 5.74) is 6.44. The molecule has 0 radical (unpaired) electrons. The maximum atomic E-state index is 12.5. The summed E-state index contributed by atoms with van der Waals surface area (Å²) in [5.74, 6) is -0.360. The zero-order chi connectivity index (χ0) is 16.2. The Balaban J connectivity index is 1.83. The highest BCUT2D eigenvalue weighted by Crippen LogP contribution is 2.35. The molecular formula is C18H21N3O2. The minimum absolute atomic E-state index is 0.0112. The molecule has 5 heteroatoms. The predicted molar refractivity (Wildman–Crippen MR) is 89.7 cm³/mol. The first-order valence-corrected chi connectivity index (χ1v) is 7.94. The molecule has 1 aliphatic heterocycles. The predicted octanol–water partition coefficient (Wildman–Crippen LogP) is 1.58. The summed E-state index contributed by atoms with van der Waals surface area (Å²) < 4.78 is 0. The monoisotopic (exact) mass is 311 g/mol. The van der Waals surface area contributed by atoms with Crippen molar-refractivity contribution in [2.75, 3.05) is 19.6 Å². The Morgan fingerprint density at radius 1 is 1.17 bits per heavy atom. The summed E-state index contributed by atoms with van der Waals surface area (Å²) in [6, 6.07) is 14.5. The van der Waals surface area contributed by atoms with Crippen LogP contribution in [0.5, 0.6) is 0 Å². The van der Waals surface area contributed by atoms with Gasteiger partial charge in [-0.05, 0) is 29.2 Å². The Labute approximate surface area is 135 Å². The van der Waals surface area contributed by atoms with Crippen molar-refractivity contribution in [1.29, 1.82) is 0 Å². The molecule has 120 valence electrons. The topological polar surface area (TPSA) is 75.4 Å². The first-order chi connectivity index (χ1) is 11.2. The van der Waals surface area contributed by atoms with E-state index in [1.165, 1.54) is 16.3 Å². The number of fused-ring (bicyclic) bond motifs is 1. The van der Waals surface area contributed by atoms with Gasteiger partial charge in [-0.2, -0.15) is 0 Å². The number of nitrogens with zero attached hydrogens (tertiary/aromatic N) is 1. The van der Waals surface area contributed by atoms with Gasteiger partial charge >= 0.3 is 0 Å². The van der Waals surface area contributed by atoms with Crippen molar-refractivity contribution in [3.63, 3.8) is 0 Å². The highest BCUT2D eigenvalue weighted by atomic mass is 16.2. The van der Waals surface area contributed by atoms with Crippen LogP contribution in [0, 0.1) is 0 Å². The lowest BCUT2D eigenvalue weighted by Crippen LogP contribution is -2.41. The third-order valence-corrected chi connectivity index (χ3v) is 4.38. The van der Waals surface area contributed by atoms with E-state index in [4.69, 9.17) is 5.73 Å². The van der Waals surface area contributed by atoms with Crippen molar-refractivity contribution >= 4 is 22.6 Å². The Hall–Kier alpha value is -2.40. The van der Waals surface area contributed by atoms with Crippen LogP contribution in [0.15, 0.2) is 42.5 Å². The average Bonchev–Trinajstić information content (AvgIpc) is 3.08. The average molecular weight is 311 g/mol. The van der Waals surface area contributed by atoms with Crippen molar-refractivity contribution in [2.45, 2.75) is 18.9 Å². The molecule has 1 aliphatic rings. The van der Waals surface area contributed by atoms with Gasteiger partial charge in [-0.15, -0.1) is 0 Å². The molecule has 3 rings (SSSR count). The minimum Gasteiger partial charge on any atom is -0.346 e. The summed E-state index contributed by atoms with van der Waals surface area (Å²) in [7, 11) is 0. The van der Waals surface area contributed by atoms with Gasteiger partial charge in [0.05, 0.1) is 19.1 Å². The highest BCUT2D eigenvalue weighted by Gasteiger charge is 2.30. The second kappa shape index (κ2) is 6.79. The van der Waals surface area contributed by atoms with Gasteiger partial charge in [-0.1, -0.05) is 42.5 Å². The van der Waals surface area contributed by atoms with Gasteiger partial charge in [0.15, 0.2) is 0 Å². The van der Waals surface area contributed by atoms with Crippen molar-refractivity contribution < 1.29 is 9.59 Å². The van der Waals surface area contributed by atoms with Crippen LogP contribution in [-0.4, -0.2) is 36.3 Å². The fourth-order valence-corrected chi connectivity index (χ4v) is 3.28. The summed E-state index contributed by atoms with van der Waals surface area (Å²) in [5, 5.41) is 4.93. The van der Waals surface area contributed by atoms with E-state index < -0.39 is 0 Å². The number of hydrogen-bond acceptors (Lipinski definition) is 3. The van der Waals surface area contributed by atoms with E-state index in [1.54, 1.807) is 0 Å². The Kier molecular flexibility index (Phi) is 4.57. The van der Waals surface area contributed by atoms with Crippen LogP contribution in [0.4, 0.5) is 0 Å². The number of amides is 2. The van der Waals surface area contributed by atoms with E-state index in [1.807, 2.05) is 23.1 Å². The quantitative estimate of drug-likeness (QED) is 0.900. The van der Waals surface area contributed by atoms with Crippen molar-refractivity contribution in [3.8, 4) is 0 Å². The van der Waals surface area contributed by atoms with Gasteiger partial charge in [-0.25, -0.2) is 0 Å². The number of rotatable bonds is 4. The summed E-state index contributed by atoms with van der Waals surface area (Å²) >= 11 is 0. The molecule has 2 aromatic carbocycles. The molecule has 0 bridgehead atoms. The summed E-state index contributed by atoms with van der Waals surface area (Å²) in [6.45, 7) is 0.641. The van der Waals surface area contributed by atoms with Gasteiger partial charge < -0.3 is 16.0 Å². The van der Waals surface area contributed by atoms with Crippen LogP contribution in [0.2, 0.25) is 0 Å². The molecule has 1 heterocycles. The third-order valence-electron chi connectivity index (χ3n) is 4.38. The molecule has 2 aromatic rings. The summed E-state index contributed by atoms with van der Waals surface area (Å²) in [6.07, 6.45) is 1.93. The molecule has 1 saturated heterocycles. The molecule has 0 spiro atoms. The van der Waals surface area contributed by atoms with Gasteiger partial charge in [0.25, 0.3) is 0 Å². The molecule has 5 nitrogen and oxygen atoms in total. The van der Waals surface area contributed by atoms with Crippen LogP contribution >= 0.6 is 0 Å².